The van der Waals surface area contributed by atoms with Gasteiger partial charge in [0.15, 0.2) is 0 Å². The maximum Gasteiger partial charge on any atom is 0.250 e. The van der Waals surface area contributed by atoms with Crippen LogP contribution in [0.15, 0.2) is 36.7 Å². The summed E-state index contributed by atoms with van der Waals surface area (Å²) in [5, 5.41) is 4.58. The van der Waals surface area contributed by atoms with Gasteiger partial charge in [-0.2, -0.15) is 4.68 Å². The highest BCUT2D eigenvalue weighted by Gasteiger charge is 2.19. The van der Waals surface area contributed by atoms with E-state index in [0.717, 1.165) is 28.8 Å². The van der Waals surface area contributed by atoms with Crippen LogP contribution >= 0.6 is 0 Å². The Morgan fingerprint density at radius 1 is 1.08 bits per heavy atom. The monoisotopic (exact) mass is 354 g/mol. The van der Waals surface area contributed by atoms with Crippen LogP contribution in [0.1, 0.15) is 43.2 Å². The number of aryl methyl sites for hydroxylation is 1. The van der Waals surface area contributed by atoms with Crippen molar-refractivity contribution in [2.75, 3.05) is 0 Å². The van der Waals surface area contributed by atoms with Gasteiger partial charge < -0.3 is 4.74 Å². The van der Waals surface area contributed by atoms with Crippen molar-refractivity contribution in [2.24, 2.45) is 0 Å². The molecule has 0 amide bonds. The molecule has 0 N–H and O–H groups in total. The van der Waals surface area contributed by atoms with Gasteiger partial charge in [-0.05, 0) is 50.5 Å². The molecule has 3 rings (SSSR count). The Balaban J connectivity index is 2.00. The van der Waals surface area contributed by atoms with E-state index in [2.05, 4.69) is 22.0 Å². The second kappa shape index (κ2) is 7.64. The largest absolute Gasteiger partial charge is 0.474 e. The summed E-state index contributed by atoms with van der Waals surface area (Å²) in [7, 11) is 0. The smallest absolute Gasteiger partial charge is 0.250 e. The van der Waals surface area contributed by atoms with Crippen molar-refractivity contribution in [3.8, 4) is 11.8 Å². The zero-order chi connectivity index (χ0) is 18.7. The van der Waals surface area contributed by atoms with E-state index < -0.39 is 0 Å². The zero-order valence-electron chi connectivity index (χ0n) is 15.5. The summed E-state index contributed by atoms with van der Waals surface area (Å²) in [6.07, 6.45) is 5.10. The summed E-state index contributed by atoms with van der Waals surface area (Å²) < 4.78 is 20.8. The highest BCUT2D eigenvalue weighted by atomic mass is 19.1. The lowest BCUT2D eigenvalue weighted by Gasteiger charge is -2.09. The lowest BCUT2D eigenvalue weighted by Crippen LogP contribution is -2.08. The van der Waals surface area contributed by atoms with Crippen molar-refractivity contribution in [3.05, 3.63) is 64.9 Å². The summed E-state index contributed by atoms with van der Waals surface area (Å²) in [6, 6.07) is 6.48. The Morgan fingerprint density at radius 2 is 1.73 bits per heavy atom. The molecule has 0 spiro atoms. The Labute approximate surface area is 152 Å². The first-order chi connectivity index (χ1) is 12.5. The summed E-state index contributed by atoms with van der Waals surface area (Å²) in [6.45, 7) is 7.95. The zero-order valence-corrected chi connectivity index (χ0v) is 15.5. The Kier molecular flexibility index (Phi) is 5.30. The van der Waals surface area contributed by atoms with Gasteiger partial charge in [-0.1, -0.05) is 19.1 Å². The highest BCUT2D eigenvalue weighted by Crippen LogP contribution is 2.27. The molecule has 136 valence electrons. The van der Waals surface area contributed by atoms with Gasteiger partial charge in [-0.25, -0.2) is 14.4 Å². The summed E-state index contributed by atoms with van der Waals surface area (Å²) in [5.74, 6) is 0.827. The number of hydrogen-bond donors (Lipinski definition) is 0. The first-order valence-electron chi connectivity index (χ1n) is 8.78. The maximum absolute atomic E-state index is 13.2. The van der Waals surface area contributed by atoms with Crippen LogP contribution in [0.3, 0.4) is 0 Å². The van der Waals surface area contributed by atoms with E-state index in [0.29, 0.717) is 18.2 Å². The average Bonchev–Trinajstić information content (AvgIpc) is 2.92. The van der Waals surface area contributed by atoms with Crippen molar-refractivity contribution in [1.29, 1.82) is 0 Å². The molecule has 0 bridgehead atoms. The molecule has 6 heteroatoms. The molecule has 0 unspecified atom stereocenters. The van der Waals surface area contributed by atoms with Crippen molar-refractivity contribution in [3.63, 3.8) is 0 Å². The highest BCUT2D eigenvalue weighted by molar-refractivity contribution is 5.39. The summed E-state index contributed by atoms with van der Waals surface area (Å²) in [5.41, 5.74) is 3.93. The molecule has 0 fully saturated rings. The van der Waals surface area contributed by atoms with Crippen LogP contribution in [0.25, 0.3) is 5.95 Å². The first kappa shape index (κ1) is 18.0. The van der Waals surface area contributed by atoms with Gasteiger partial charge in [0.25, 0.3) is 5.95 Å². The minimum absolute atomic E-state index is 0.00639. The molecule has 0 atom stereocenters. The fourth-order valence-corrected chi connectivity index (χ4v) is 2.67. The number of aromatic nitrogens is 4. The number of rotatable bonds is 6. The SMILES string of the molecule is CCc1cnc(-n2nc(OC(C)C)c(Cc3ccc(F)cc3)c2C)nc1. The number of nitrogens with zero attached hydrogens (tertiary/aromatic N) is 4. The lowest BCUT2D eigenvalue weighted by molar-refractivity contribution is 0.229. The Morgan fingerprint density at radius 3 is 2.31 bits per heavy atom. The Bertz CT molecular complexity index is 870. The number of halogens is 1. The third-order valence-corrected chi connectivity index (χ3v) is 4.13. The number of ether oxygens (including phenoxy) is 1. The van der Waals surface area contributed by atoms with Crippen LogP contribution in [-0.4, -0.2) is 25.9 Å². The average molecular weight is 354 g/mol. The van der Waals surface area contributed by atoms with E-state index in [-0.39, 0.29) is 11.9 Å². The third-order valence-electron chi connectivity index (χ3n) is 4.13. The molecule has 3 aromatic rings. The normalized spacial score (nSPS) is 11.2. The van der Waals surface area contributed by atoms with E-state index in [1.165, 1.54) is 12.1 Å². The summed E-state index contributed by atoms with van der Waals surface area (Å²) in [4.78, 5) is 8.83. The fraction of sp³-hybridized carbons (Fsp3) is 0.350. The fourth-order valence-electron chi connectivity index (χ4n) is 2.67. The van der Waals surface area contributed by atoms with E-state index >= 15 is 0 Å². The van der Waals surface area contributed by atoms with Crippen LogP contribution in [0, 0.1) is 12.7 Å². The van der Waals surface area contributed by atoms with Gasteiger partial charge in [-0.3, -0.25) is 0 Å². The second-order valence-electron chi connectivity index (χ2n) is 6.50. The topological polar surface area (TPSA) is 52.8 Å². The van der Waals surface area contributed by atoms with Gasteiger partial charge in [0.2, 0.25) is 5.88 Å². The quantitative estimate of drug-likeness (QED) is 0.670. The van der Waals surface area contributed by atoms with Gasteiger partial charge in [-0.15, -0.1) is 5.10 Å². The van der Waals surface area contributed by atoms with Crippen molar-refractivity contribution in [1.82, 2.24) is 19.7 Å². The minimum atomic E-state index is -0.246. The van der Waals surface area contributed by atoms with E-state index in [1.54, 1.807) is 16.8 Å². The van der Waals surface area contributed by atoms with Gasteiger partial charge in [0, 0.05) is 24.4 Å². The molecule has 0 radical (unpaired) electrons. The number of hydrogen-bond acceptors (Lipinski definition) is 4. The molecule has 5 nitrogen and oxygen atoms in total. The molecule has 0 aliphatic rings. The van der Waals surface area contributed by atoms with Crippen LogP contribution in [0.2, 0.25) is 0 Å². The van der Waals surface area contributed by atoms with Crippen LogP contribution in [0.5, 0.6) is 5.88 Å². The molecule has 26 heavy (non-hydrogen) atoms. The van der Waals surface area contributed by atoms with Crippen LogP contribution in [0.4, 0.5) is 4.39 Å². The molecule has 1 aromatic carbocycles. The van der Waals surface area contributed by atoms with Crippen LogP contribution < -0.4 is 4.74 Å². The first-order valence-corrected chi connectivity index (χ1v) is 8.78. The molecule has 0 aliphatic carbocycles. The molecular weight excluding hydrogens is 331 g/mol. The predicted molar refractivity (Wildman–Crippen MR) is 98.2 cm³/mol. The van der Waals surface area contributed by atoms with Gasteiger partial charge in [0.1, 0.15) is 5.82 Å². The standard InChI is InChI=1S/C20H23FN4O/c1-5-15-11-22-20(23-12-15)25-14(4)18(19(24-25)26-13(2)3)10-16-6-8-17(21)9-7-16/h6-9,11-13H,5,10H2,1-4H3. The van der Waals surface area contributed by atoms with Crippen molar-refractivity contribution in [2.45, 2.75) is 46.6 Å². The van der Waals surface area contributed by atoms with Gasteiger partial charge in [0.05, 0.1) is 11.8 Å². The van der Waals surface area contributed by atoms with Gasteiger partial charge >= 0.3 is 0 Å². The van der Waals surface area contributed by atoms with E-state index in [1.807, 2.05) is 33.2 Å². The minimum Gasteiger partial charge on any atom is -0.474 e. The second-order valence-corrected chi connectivity index (χ2v) is 6.50. The number of benzene rings is 1. The molecule has 2 heterocycles. The van der Waals surface area contributed by atoms with Crippen molar-refractivity contribution < 1.29 is 9.13 Å². The molecule has 0 saturated carbocycles. The predicted octanol–water partition coefficient (Wildman–Crippen LogP) is 4.05. The van der Waals surface area contributed by atoms with Crippen LogP contribution in [-0.2, 0) is 12.8 Å². The van der Waals surface area contributed by atoms with E-state index in [9.17, 15) is 4.39 Å². The summed E-state index contributed by atoms with van der Waals surface area (Å²) >= 11 is 0. The van der Waals surface area contributed by atoms with Crippen molar-refractivity contribution >= 4 is 0 Å². The molecule has 2 aromatic heterocycles. The Hall–Kier alpha value is -2.76. The molecular formula is C20H23FN4O. The molecule has 0 aliphatic heterocycles. The molecule has 0 saturated heterocycles. The maximum atomic E-state index is 13.2. The third kappa shape index (κ3) is 3.90. The van der Waals surface area contributed by atoms with E-state index in [4.69, 9.17) is 4.74 Å². The lowest BCUT2D eigenvalue weighted by atomic mass is 10.1.